The summed E-state index contributed by atoms with van der Waals surface area (Å²) in [7, 11) is 0. The van der Waals surface area contributed by atoms with Crippen LogP contribution < -0.4 is 5.32 Å². The Labute approximate surface area is 168 Å². The van der Waals surface area contributed by atoms with Gasteiger partial charge in [0.15, 0.2) is 18.2 Å². The van der Waals surface area contributed by atoms with Gasteiger partial charge < -0.3 is 19.5 Å². The zero-order valence-electron chi connectivity index (χ0n) is 15.9. The Kier molecular flexibility index (Phi) is 5.55. The van der Waals surface area contributed by atoms with E-state index in [0.717, 1.165) is 5.56 Å². The predicted molar refractivity (Wildman–Crippen MR) is 106 cm³/mol. The second kappa shape index (κ2) is 8.43. The second-order valence-electron chi connectivity index (χ2n) is 6.88. The summed E-state index contributed by atoms with van der Waals surface area (Å²) >= 11 is 0. The number of hydrogen-bond acceptors (Lipinski definition) is 6. The van der Waals surface area contributed by atoms with E-state index >= 15 is 0 Å². The van der Waals surface area contributed by atoms with E-state index in [2.05, 4.69) is 5.32 Å². The van der Waals surface area contributed by atoms with Crippen molar-refractivity contribution in [2.75, 3.05) is 6.61 Å². The van der Waals surface area contributed by atoms with Gasteiger partial charge in [0.1, 0.15) is 11.8 Å². The zero-order chi connectivity index (χ0) is 20.2. The van der Waals surface area contributed by atoms with Crippen LogP contribution in [0.3, 0.4) is 0 Å². The lowest BCUT2D eigenvalue weighted by molar-refractivity contribution is -0.252. The Morgan fingerprint density at radius 2 is 1.76 bits per heavy atom. The minimum atomic E-state index is -0.525. The Bertz CT molecular complexity index is 952. The average molecular weight is 391 g/mol. The third kappa shape index (κ3) is 4.45. The maximum absolute atomic E-state index is 12.3. The van der Waals surface area contributed by atoms with Crippen molar-refractivity contribution >= 4 is 11.8 Å². The van der Waals surface area contributed by atoms with Crippen LogP contribution in [0.25, 0.3) is 0 Å². The number of nitrogens with one attached hydrogen (secondary N) is 1. The van der Waals surface area contributed by atoms with Crippen LogP contribution in [-0.2, 0) is 19.0 Å². The molecule has 29 heavy (non-hydrogen) atoms. The number of hydrogen-bond donors (Lipinski definition) is 1. The van der Waals surface area contributed by atoms with Gasteiger partial charge in [0.25, 0.3) is 0 Å². The molecule has 0 aliphatic carbocycles. The molecule has 6 heteroatoms. The first-order valence-corrected chi connectivity index (χ1v) is 9.39. The van der Waals surface area contributed by atoms with Gasteiger partial charge in [-0.2, -0.15) is 0 Å². The van der Waals surface area contributed by atoms with Gasteiger partial charge in [0.2, 0.25) is 0 Å². The Balaban J connectivity index is 1.47. The molecule has 0 radical (unpaired) electrons. The number of ether oxygens (including phenoxy) is 3. The number of allylic oxidation sites excluding steroid dienone is 2. The van der Waals surface area contributed by atoms with E-state index in [4.69, 9.17) is 14.2 Å². The van der Waals surface area contributed by atoms with Crippen LogP contribution in [0, 0.1) is 0 Å². The quantitative estimate of drug-likeness (QED) is 0.479. The lowest BCUT2D eigenvalue weighted by atomic mass is 10.1. The van der Waals surface area contributed by atoms with Crippen molar-refractivity contribution < 1.29 is 23.8 Å². The molecule has 2 aromatic carbocycles. The van der Waals surface area contributed by atoms with Crippen LogP contribution in [0.4, 0.5) is 0 Å². The molecule has 0 unspecified atom stereocenters. The second-order valence-corrected chi connectivity index (χ2v) is 6.88. The lowest BCUT2D eigenvalue weighted by Gasteiger charge is -2.37. The van der Waals surface area contributed by atoms with Crippen LogP contribution in [0.15, 0.2) is 84.2 Å². The molecule has 4 rings (SSSR count). The summed E-state index contributed by atoms with van der Waals surface area (Å²) in [6.07, 6.45) is 1.69. The summed E-state index contributed by atoms with van der Waals surface area (Å²) in [5.41, 5.74) is 2.25. The maximum Gasteiger partial charge on any atom is 0.354 e. The van der Waals surface area contributed by atoms with Crippen molar-refractivity contribution in [1.29, 1.82) is 0 Å². The molecule has 3 atom stereocenters. The molecule has 2 aromatic rings. The molecule has 0 bridgehead atoms. The predicted octanol–water partition coefficient (Wildman–Crippen LogP) is 3.29. The van der Waals surface area contributed by atoms with Crippen molar-refractivity contribution in [1.82, 2.24) is 5.32 Å². The molecule has 0 amide bonds. The van der Waals surface area contributed by atoms with Gasteiger partial charge in [0.05, 0.1) is 6.61 Å². The van der Waals surface area contributed by atoms with E-state index in [1.165, 1.54) is 6.08 Å². The number of esters is 1. The topological polar surface area (TPSA) is 73.9 Å². The smallest absolute Gasteiger partial charge is 0.354 e. The molecular formula is C23H21NO5. The molecule has 1 N–H and O–H groups in total. The molecule has 2 aliphatic rings. The van der Waals surface area contributed by atoms with Crippen LogP contribution in [-0.4, -0.2) is 30.6 Å². The molecule has 148 valence electrons. The fourth-order valence-corrected chi connectivity index (χ4v) is 3.24. The van der Waals surface area contributed by atoms with Gasteiger partial charge in [-0.3, -0.25) is 4.79 Å². The highest BCUT2D eigenvalue weighted by molar-refractivity contribution is 6.04. The Morgan fingerprint density at radius 1 is 1.07 bits per heavy atom. The fraction of sp³-hybridized carbons (Fsp3) is 0.217. The monoisotopic (exact) mass is 391 g/mol. The van der Waals surface area contributed by atoms with E-state index < -0.39 is 24.5 Å². The van der Waals surface area contributed by atoms with E-state index in [9.17, 15) is 9.59 Å². The van der Waals surface area contributed by atoms with Gasteiger partial charge in [-0.25, -0.2) is 4.79 Å². The number of fused-ring (bicyclic) bond motifs is 1. The maximum atomic E-state index is 12.3. The Morgan fingerprint density at radius 3 is 2.48 bits per heavy atom. The first-order valence-electron chi connectivity index (χ1n) is 9.39. The molecule has 2 heterocycles. The first kappa shape index (κ1) is 19.1. The van der Waals surface area contributed by atoms with Crippen molar-refractivity contribution in [3.8, 4) is 0 Å². The molecule has 6 nitrogen and oxygen atoms in total. The highest BCUT2D eigenvalue weighted by atomic mass is 16.7. The summed E-state index contributed by atoms with van der Waals surface area (Å²) in [6, 6.07) is 18.5. The summed E-state index contributed by atoms with van der Waals surface area (Å²) in [5.74, 6) is -0.652. The van der Waals surface area contributed by atoms with Gasteiger partial charge >= 0.3 is 5.97 Å². The van der Waals surface area contributed by atoms with Crippen LogP contribution in [0.2, 0.25) is 0 Å². The third-order valence-corrected chi connectivity index (χ3v) is 4.68. The van der Waals surface area contributed by atoms with Gasteiger partial charge in [-0.15, -0.1) is 0 Å². The summed E-state index contributed by atoms with van der Waals surface area (Å²) < 4.78 is 17.1. The van der Waals surface area contributed by atoms with E-state index in [-0.39, 0.29) is 18.1 Å². The van der Waals surface area contributed by atoms with Crippen LogP contribution in [0.1, 0.15) is 29.1 Å². The average Bonchev–Trinajstić information content (AvgIpc) is 2.75. The summed E-state index contributed by atoms with van der Waals surface area (Å²) in [5, 5.41) is 2.96. The first-order chi connectivity index (χ1) is 14.1. The molecule has 2 aliphatic heterocycles. The van der Waals surface area contributed by atoms with E-state index in [1.54, 1.807) is 37.3 Å². The lowest BCUT2D eigenvalue weighted by Crippen LogP contribution is -2.47. The largest absolute Gasteiger partial charge is 0.452 e. The van der Waals surface area contributed by atoms with Crippen molar-refractivity contribution in [3.05, 3.63) is 95.3 Å². The van der Waals surface area contributed by atoms with Crippen molar-refractivity contribution in [3.63, 3.8) is 0 Å². The van der Waals surface area contributed by atoms with Crippen molar-refractivity contribution in [2.45, 2.75) is 25.4 Å². The van der Waals surface area contributed by atoms with Gasteiger partial charge in [0, 0.05) is 22.9 Å². The summed E-state index contributed by atoms with van der Waals surface area (Å²) in [6.45, 7) is 1.97. The molecule has 1 fully saturated rings. The van der Waals surface area contributed by atoms with Gasteiger partial charge in [-0.05, 0) is 13.0 Å². The zero-order valence-corrected chi connectivity index (χ0v) is 15.9. The Hall–Kier alpha value is -3.22. The number of carbonyl (C=O) groups excluding carboxylic acids is 2. The number of carbonyl (C=O) groups is 2. The fourth-order valence-electron chi connectivity index (χ4n) is 3.24. The van der Waals surface area contributed by atoms with Crippen LogP contribution in [0.5, 0.6) is 0 Å². The highest BCUT2D eigenvalue weighted by Crippen LogP contribution is 2.30. The number of ketones is 1. The minimum absolute atomic E-state index is 0.148. The molecule has 0 aromatic heterocycles. The molecule has 0 saturated carbocycles. The van der Waals surface area contributed by atoms with E-state index in [1.807, 2.05) is 36.4 Å². The van der Waals surface area contributed by atoms with Gasteiger partial charge in [-0.1, -0.05) is 60.7 Å². The molecule has 1 saturated heterocycles. The molecule has 0 spiro atoms. The number of rotatable bonds is 5. The van der Waals surface area contributed by atoms with E-state index in [0.29, 0.717) is 11.3 Å². The normalized spacial score (nSPS) is 24.2. The highest BCUT2D eigenvalue weighted by Gasteiger charge is 2.38. The number of benzene rings is 2. The third-order valence-electron chi connectivity index (χ3n) is 4.68. The summed E-state index contributed by atoms with van der Waals surface area (Å²) in [4.78, 5) is 24.6. The molecular weight excluding hydrogens is 370 g/mol. The SMILES string of the molecule is C/C(=C\C(=O)c1ccccc1)NC1=C[C@@H]2O[C@H](c3ccccc3)OC[C@@H]2OC1=O. The van der Waals surface area contributed by atoms with Crippen LogP contribution >= 0.6 is 0 Å². The minimum Gasteiger partial charge on any atom is -0.452 e. The standard InChI is InChI=1S/C23H21NO5/c1-15(12-19(25)16-8-4-2-5-9-16)24-18-13-20-21(28-22(18)26)14-27-23(29-20)17-10-6-3-7-11-17/h2-13,20-21,23-24H,14H2,1H3/b15-12+/t20-,21-,23+/m0/s1. The van der Waals surface area contributed by atoms with Crippen molar-refractivity contribution in [2.24, 2.45) is 0 Å².